The summed E-state index contributed by atoms with van der Waals surface area (Å²) >= 11 is 0. The maximum Gasteiger partial charge on any atom is 0.159 e. The molecule has 2 N–H and O–H groups in total. The van der Waals surface area contributed by atoms with Crippen LogP contribution in [0.25, 0.3) is 0 Å². The van der Waals surface area contributed by atoms with E-state index in [9.17, 15) is 0 Å². The molecule has 7 heteroatoms. The maximum atomic E-state index is 9.05. The van der Waals surface area contributed by atoms with E-state index in [0.29, 0.717) is 11.4 Å². The Kier molecular flexibility index (Phi) is 3.55. The summed E-state index contributed by atoms with van der Waals surface area (Å²) in [4.78, 5) is 11.7. The van der Waals surface area contributed by atoms with Crippen LogP contribution in [-0.2, 0) is 0 Å². The Morgan fingerprint density at radius 1 is 0.889 bits per heavy atom. The van der Waals surface area contributed by atoms with Crippen LogP contribution in [0.15, 0.2) is 53.3 Å². The van der Waals surface area contributed by atoms with Crippen molar-refractivity contribution >= 4 is 11.4 Å². The highest BCUT2D eigenvalue weighted by molar-refractivity contribution is 6.52. The minimum atomic E-state index is 0.0126. The smallest absolute Gasteiger partial charge is 0.159 e. The molecule has 0 saturated heterocycles. The molecule has 2 heterocycles. The van der Waals surface area contributed by atoms with Crippen molar-refractivity contribution in [3.63, 3.8) is 0 Å². The van der Waals surface area contributed by atoms with Crippen molar-refractivity contribution in [3.8, 4) is 0 Å². The highest BCUT2D eigenvalue weighted by Crippen LogP contribution is 2.05. The predicted molar refractivity (Wildman–Crippen MR) is 62.9 cm³/mol. The fourth-order valence-electron chi connectivity index (χ4n) is 1.37. The Morgan fingerprint density at radius 2 is 1.61 bits per heavy atom. The van der Waals surface area contributed by atoms with Crippen molar-refractivity contribution in [1.82, 2.24) is 15.0 Å². The van der Waals surface area contributed by atoms with E-state index in [1.54, 1.807) is 18.2 Å². The monoisotopic (exact) mass is 243 g/mol. The third-order valence-electron chi connectivity index (χ3n) is 2.16. The molecule has 2 aromatic heterocycles. The molecule has 0 aliphatic rings. The zero-order chi connectivity index (χ0) is 12.8. The highest BCUT2D eigenvalue weighted by atomic mass is 16.4. The third-order valence-corrected chi connectivity index (χ3v) is 2.16. The van der Waals surface area contributed by atoms with Crippen LogP contribution in [0, 0.1) is 0 Å². The predicted octanol–water partition coefficient (Wildman–Crippen LogP) is 0.928. The van der Waals surface area contributed by atoms with Crippen molar-refractivity contribution < 1.29 is 10.4 Å². The van der Waals surface area contributed by atoms with Crippen LogP contribution in [0.1, 0.15) is 11.4 Å². The molecule has 0 unspecified atom stereocenters. The number of pyridine rings is 1. The SMILES string of the molecule is O/N=C(\C(=N\O)c1ccccn1)c1ccncn1. The molecular weight excluding hydrogens is 234 g/mol. The largest absolute Gasteiger partial charge is 0.410 e. The number of oxime groups is 2. The lowest BCUT2D eigenvalue weighted by Crippen LogP contribution is -2.19. The van der Waals surface area contributed by atoms with E-state index in [0.717, 1.165) is 0 Å². The fraction of sp³-hybridized carbons (Fsp3) is 0. The number of hydrogen-bond acceptors (Lipinski definition) is 7. The molecule has 0 aliphatic carbocycles. The lowest BCUT2D eigenvalue weighted by molar-refractivity contribution is 0.314. The topological polar surface area (TPSA) is 104 Å². The van der Waals surface area contributed by atoms with Crippen molar-refractivity contribution in [3.05, 3.63) is 54.4 Å². The molecule has 0 saturated carbocycles. The Labute approximate surface area is 102 Å². The standard InChI is InChI=1S/C11H9N5O2/c17-15-10(8-3-1-2-5-13-8)11(16-18)9-4-6-12-7-14-9/h1-7,17-18H/b15-10+,16-11-. The molecule has 0 bridgehead atoms. The molecule has 0 amide bonds. The first-order valence-electron chi connectivity index (χ1n) is 4.99. The summed E-state index contributed by atoms with van der Waals surface area (Å²) in [6.45, 7) is 0. The van der Waals surface area contributed by atoms with Crippen LogP contribution in [0.4, 0.5) is 0 Å². The molecule has 0 aliphatic heterocycles. The average Bonchev–Trinajstić information content (AvgIpc) is 2.46. The molecule has 0 atom stereocenters. The van der Waals surface area contributed by atoms with Gasteiger partial charge in [-0.3, -0.25) is 4.98 Å². The molecule has 0 fully saturated rings. The van der Waals surface area contributed by atoms with Gasteiger partial charge >= 0.3 is 0 Å². The Morgan fingerprint density at radius 3 is 2.11 bits per heavy atom. The number of hydrogen-bond donors (Lipinski definition) is 2. The maximum absolute atomic E-state index is 9.05. The van der Waals surface area contributed by atoms with Crippen LogP contribution < -0.4 is 0 Å². The van der Waals surface area contributed by atoms with Gasteiger partial charge in [-0.15, -0.1) is 0 Å². The van der Waals surface area contributed by atoms with Gasteiger partial charge in [-0.2, -0.15) is 0 Å². The van der Waals surface area contributed by atoms with Crippen molar-refractivity contribution in [2.24, 2.45) is 10.3 Å². The Bertz CT molecular complexity index is 515. The van der Waals surface area contributed by atoms with Gasteiger partial charge in [-0.05, 0) is 18.2 Å². The van der Waals surface area contributed by atoms with Crippen LogP contribution >= 0.6 is 0 Å². The minimum absolute atomic E-state index is 0.0126. The highest BCUT2D eigenvalue weighted by Gasteiger charge is 2.17. The molecular formula is C11H9N5O2. The van der Waals surface area contributed by atoms with Gasteiger partial charge in [0.1, 0.15) is 6.33 Å². The molecule has 90 valence electrons. The number of nitrogens with zero attached hydrogens (tertiary/aromatic N) is 5. The molecule has 2 rings (SSSR count). The molecule has 18 heavy (non-hydrogen) atoms. The van der Waals surface area contributed by atoms with E-state index in [2.05, 4.69) is 25.3 Å². The van der Waals surface area contributed by atoms with Gasteiger partial charge in [0.15, 0.2) is 11.4 Å². The van der Waals surface area contributed by atoms with Gasteiger partial charge in [0.05, 0.1) is 11.4 Å². The minimum Gasteiger partial charge on any atom is -0.410 e. The van der Waals surface area contributed by atoms with Gasteiger partial charge < -0.3 is 10.4 Å². The second kappa shape index (κ2) is 5.48. The zero-order valence-corrected chi connectivity index (χ0v) is 9.17. The van der Waals surface area contributed by atoms with Crippen LogP contribution in [0.5, 0.6) is 0 Å². The lowest BCUT2D eigenvalue weighted by atomic mass is 10.1. The fourth-order valence-corrected chi connectivity index (χ4v) is 1.37. The summed E-state index contributed by atoms with van der Waals surface area (Å²) in [5.41, 5.74) is 0.729. The molecule has 7 nitrogen and oxygen atoms in total. The summed E-state index contributed by atoms with van der Waals surface area (Å²) in [5, 5.41) is 24.3. The van der Waals surface area contributed by atoms with Crippen molar-refractivity contribution in [2.45, 2.75) is 0 Å². The van der Waals surface area contributed by atoms with Gasteiger partial charge in [0.25, 0.3) is 0 Å². The van der Waals surface area contributed by atoms with E-state index in [4.69, 9.17) is 10.4 Å². The first-order chi connectivity index (χ1) is 8.86. The number of aromatic nitrogens is 3. The number of rotatable bonds is 3. The van der Waals surface area contributed by atoms with E-state index in [-0.39, 0.29) is 11.4 Å². The molecule has 0 spiro atoms. The van der Waals surface area contributed by atoms with Gasteiger partial charge in [-0.25, -0.2) is 9.97 Å². The first-order valence-corrected chi connectivity index (χ1v) is 4.99. The normalized spacial score (nSPS) is 12.4. The quantitative estimate of drug-likeness (QED) is 0.474. The van der Waals surface area contributed by atoms with Gasteiger partial charge in [0, 0.05) is 12.4 Å². The molecule has 0 radical (unpaired) electrons. The van der Waals surface area contributed by atoms with Crippen molar-refractivity contribution in [2.75, 3.05) is 0 Å². The summed E-state index contributed by atoms with van der Waals surface area (Å²) in [5.74, 6) is 0. The summed E-state index contributed by atoms with van der Waals surface area (Å²) in [6, 6.07) is 6.60. The van der Waals surface area contributed by atoms with Crippen LogP contribution in [0.2, 0.25) is 0 Å². The van der Waals surface area contributed by atoms with E-state index < -0.39 is 0 Å². The Hall–Kier alpha value is -2.83. The zero-order valence-electron chi connectivity index (χ0n) is 9.17. The molecule has 2 aromatic rings. The van der Waals surface area contributed by atoms with Crippen LogP contribution in [0.3, 0.4) is 0 Å². The second-order valence-electron chi connectivity index (χ2n) is 3.21. The van der Waals surface area contributed by atoms with Gasteiger partial charge in [-0.1, -0.05) is 16.4 Å². The van der Waals surface area contributed by atoms with Gasteiger partial charge in [0.2, 0.25) is 0 Å². The van der Waals surface area contributed by atoms with Crippen LogP contribution in [-0.4, -0.2) is 36.8 Å². The summed E-state index contributed by atoms with van der Waals surface area (Å²) in [6.07, 6.45) is 4.32. The van der Waals surface area contributed by atoms with Crippen molar-refractivity contribution in [1.29, 1.82) is 0 Å². The van der Waals surface area contributed by atoms with E-state index >= 15 is 0 Å². The first kappa shape index (κ1) is 11.6. The third kappa shape index (κ3) is 2.29. The second-order valence-corrected chi connectivity index (χ2v) is 3.21. The average molecular weight is 243 g/mol. The lowest BCUT2D eigenvalue weighted by Gasteiger charge is -2.04. The Balaban J connectivity index is 2.45. The van der Waals surface area contributed by atoms with E-state index in [1.807, 2.05) is 0 Å². The van der Waals surface area contributed by atoms with E-state index in [1.165, 1.54) is 24.8 Å². The summed E-state index contributed by atoms with van der Waals surface area (Å²) < 4.78 is 0. The summed E-state index contributed by atoms with van der Waals surface area (Å²) in [7, 11) is 0. The molecule has 0 aromatic carbocycles.